The number of anilines is 2. The van der Waals surface area contributed by atoms with Gasteiger partial charge in [0.05, 0.1) is 10.6 Å². The van der Waals surface area contributed by atoms with Crippen molar-refractivity contribution < 1.29 is 13.2 Å². The molecule has 0 saturated heterocycles. The summed E-state index contributed by atoms with van der Waals surface area (Å²) in [6, 6.07) is 22.3. The van der Waals surface area contributed by atoms with E-state index in [9.17, 15) is 13.2 Å². The van der Waals surface area contributed by atoms with Crippen LogP contribution >= 0.6 is 0 Å². The molecule has 160 valence electrons. The number of amides is 1. The Balaban J connectivity index is 1.49. The summed E-state index contributed by atoms with van der Waals surface area (Å²) in [4.78, 5) is 12.7. The van der Waals surface area contributed by atoms with E-state index in [1.807, 2.05) is 55.5 Å². The Hall–Kier alpha value is -3.12. The Bertz CT molecular complexity index is 1170. The normalized spacial score (nSPS) is 13.5. The van der Waals surface area contributed by atoms with Gasteiger partial charge >= 0.3 is 0 Å². The number of nitrogens with one attached hydrogen (secondary N) is 1. The van der Waals surface area contributed by atoms with Gasteiger partial charge in [-0.25, -0.2) is 8.42 Å². The van der Waals surface area contributed by atoms with Crippen LogP contribution in [-0.2, 0) is 27.7 Å². The lowest BCUT2D eigenvalue weighted by Gasteiger charge is -2.31. The predicted molar refractivity (Wildman–Crippen MR) is 124 cm³/mol. The van der Waals surface area contributed by atoms with Gasteiger partial charge in [0.1, 0.15) is 0 Å². The molecular formula is C25H26N2O3S. The van der Waals surface area contributed by atoms with Gasteiger partial charge in [-0.3, -0.25) is 9.10 Å². The first kappa shape index (κ1) is 21.1. The maximum Gasteiger partial charge on any atom is 0.264 e. The number of aryl methyl sites for hydroxylation is 3. The zero-order valence-electron chi connectivity index (χ0n) is 17.5. The topological polar surface area (TPSA) is 66.5 Å². The number of hydrogen-bond donors (Lipinski definition) is 1. The molecule has 1 aliphatic rings. The summed E-state index contributed by atoms with van der Waals surface area (Å²) in [5.74, 6) is -0.0521. The lowest BCUT2D eigenvalue weighted by Crippen LogP contribution is -2.35. The molecule has 0 radical (unpaired) electrons. The van der Waals surface area contributed by atoms with Crippen LogP contribution in [0.3, 0.4) is 0 Å². The molecular weight excluding hydrogens is 408 g/mol. The van der Waals surface area contributed by atoms with E-state index >= 15 is 0 Å². The van der Waals surface area contributed by atoms with Crippen molar-refractivity contribution in [1.82, 2.24) is 0 Å². The SMILES string of the molecule is Cc1ccc(S(=O)(=O)N2CCCc3cc(NC(=O)CCc4ccccc4)ccc32)cc1. The third-order valence-corrected chi connectivity index (χ3v) is 7.36. The second kappa shape index (κ2) is 8.94. The molecule has 1 aliphatic heterocycles. The van der Waals surface area contributed by atoms with Gasteiger partial charge in [0.15, 0.2) is 0 Å². The zero-order chi connectivity index (χ0) is 21.8. The molecule has 0 aromatic heterocycles. The number of carbonyl (C=O) groups excluding carboxylic acids is 1. The Morgan fingerprint density at radius 3 is 2.48 bits per heavy atom. The van der Waals surface area contributed by atoms with Crippen LogP contribution in [0.4, 0.5) is 11.4 Å². The molecule has 1 heterocycles. The fraction of sp³-hybridized carbons (Fsp3) is 0.240. The molecule has 0 fully saturated rings. The fourth-order valence-corrected chi connectivity index (χ4v) is 5.39. The molecule has 0 bridgehead atoms. The maximum absolute atomic E-state index is 13.2. The first-order valence-electron chi connectivity index (χ1n) is 10.5. The molecule has 1 amide bonds. The molecule has 0 aliphatic carbocycles. The molecule has 5 nitrogen and oxygen atoms in total. The molecule has 0 saturated carbocycles. The van der Waals surface area contributed by atoms with Crippen LogP contribution in [0.1, 0.15) is 29.5 Å². The highest BCUT2D eigenvalue weighted by Gasteiger charge is 2.29. The highest BCUT2D eigenvalue weighted by molar-refractivity contribution is 7.92. The lowest BCUT2D eigenvalue weighted by molar-refractivity contribution is -0.116. The van der Waals surface area contributed by atoms with Crippen molar-refractivity contribution in [3.63, 3.8) is 0 Å². The average Bonchev–Trinajstić information content (AvgIpc) is 2.78. The number of fused-ring (bicyclic) bond motifs is 1. The minimum absolute atomic E-state index is 0.0521. The summed E-state index contributed by atoms with van der Waals surface area (Å²) in [7, 11) is -3.62. The highest BCUT2D eigenvalue weighted by Crippen LogP contribution is 2.34. The third kappa shape index (κ3) is 4.80. The Labute approximate surface area is 183 Å². The van der Waals surface area contributed by atoms with Crippen molar-refractivity contribution in [2.45, 2.75) is 37.5 Å². The first-order chi connectivity index (χ1) is 14.9. The van der Waals surface area contributed by atoms with Crippen molar-refractivity contribution in [1.29, 1.82) is 0 Å². The van der Waals surface area contributed by atoms with Crippen LogP contribution in [0.25, 0.3) is 0 Å². The van der Waals surface area contributed by atoms with E-state index in [1.165, 1.54) is 4.31 Å². The van der Waals surface area contributed by atoms with E-state index in [4.69, 9.17) is 0 Å². The third-order valence-electron chi connectivity index (χ3n) is 5.53. The van der Waals surface area contributed by atoms with Crippen LogP contribution in [0.5, 0.6) is 0 Å². The summed E-state index contributed by atoms with van der Waals surface area (Å²) in [5, 5.41) is 2.95. The molecule has 3 aromatic rings. The van der Waals surface area contributed by atoms with Gasteiger partial charge in [-0.05, 0) is 67.6 Å². The van der Waals surface area contributed by atoms with Crippen LogP contribution in [0.15, 0.2) is 77.7 Å². The van der Waals surface area contributed by atoms with E-state index in [1.54, 1.807) is 24.3 Å². The summed E-state index contributed by atoms with van der Waals surface area (Å²) < 4.78 is 27.9. The van der Waals surface area contributed by atoms with E-state index in [-0.39, 0.29) is 5.91 Å². The van der Waals surface area contributed by atoms with Crippen molar-refractivity contribution in [3.05, 3.63) is 89.5 Å². The number of carbonyl (C=O) groups is 1. The highest BCUT2D eigenvalue weighted by atomic mass is 32.2. The Kier molecular flexibility index (Phi) is 6.09. The molecule has 6 heteroatoms. The lowest BCUT2D eigenvalue weighted by atomic mass is 10.0. The molecule has 0 spiro atoms. The summed E-state index contributed by atoms with van der Waals surface area (Å²) in [6.07, 6.45) is 2.60. The standard InChI is InChI=1S/C25H26N2O3S/c1-19-9-13-23(14-10-19)31(29,30)27-17-5-8-21-18-22(12-15-24(21)27)26-25(28)16-11-20-6-3-2-4-7-20/h2-4,6-7,9-10,12-15,18H,5,8,11,16-17H2,1H3,(H,26,28). The fourth-order valence-electron chi connectivity index (χ4n) is 3.85. The van der Waals surface area contributed by atoms with Gasteiger partial charge in [-0.2, -0.15) is 0 Å². The van der Waals surface area contributed by atoms with Gasteiger partial charge in [0, 0.05) is 18.7 Å². The van der Waals surface area contributed by atoms with Crippen LogP contribution in [0, 0.1) is 6.92 Å². The van der Waals surface area contributed by atoms with E-state index in [2.05, 4.69) is 5.32 Å². The van der Waals surface area contributed by atoms with Crippen molar-refractivity contribution in [3.8, 4) is 0 Å². The Morgan fingerprint density at radius 1 is 1.00 bits per heavy atom. The van der Waals surface area contributed by atoms with E-state index in [0.29, 0.717) is 35.7 Å². The number of rotatable bonds is 6. The zero-order valence-corrected chi connectivity index (χ0v) is 18.4. The second-order valence-electron chi connectivity index (χ2n) is 7.87. The molecule has 0 unspecified atom stereocenters. The van der Waals surface area contributed by atoms with Crippen LogP contribution < -0.4 is 9.62 Å². The van der Waals surface area contributed by atoms with Crippen molar-refractivity contribution >= 4 is 27.3 Å². The van der Waals surface area contributed by atoms with Crippen LogP contribution in [0.2, 0.25) is 0 Å². The predicted octanol–water partition coefficient (Wildman–Crippen LogP) is 4.71. The Morgan fingerprint density at radius 2 is 1.74 bits per heavy atom. The molecule has 4 rings (SSSR count). The van der Waals surface area contributed by atoms with Gasteiger partial charge in [0.2, 0.25) is 5.91 Å². The van der Waals surface area contributed by atoms with E-state index in [0.717, 1.165) is 29.5 Å². The van der Waals surface area contributed by atoms with E-state index < -0.39 is 10.0 Å². The van der Waals surface area contributed by atoms with Gasteiger partial charge in [-0.15, -0.1) is 0 Å². The average molecular weight is 435 g/mol. The van der Waals surface area contributed by atoms with Crippen molar-refractivity contribution in [2.24, 2.45) is 0 Å². The van der Waals surface area contributed by atoms with Gasteiger partial charge < -0.3 is 5.32 Å². The monoisotopic (exact) mass is 434 g/mol. The minimum atomic E-state index is -3.62. The number of sulfonamides is 1. The first-order valence-corrected chi connectivity index (χ1v) is 11.9. The number of hydrogen-bond acceptors (Lipinski definition) is 3. The summed E-state index contributed by atoms with van der Waals surface area (Å²) >= 11 is 0. The van der Waals surface area contributed by atoms with Gasteiger partial charge in [0.25, 0.3) is 10.0 Å². The minimum Gasteiger partial charge on any atom is -0.326 e. The second-order valence-corrected chi connectivity index (χ2v) is 9.73. The molecule has 1 N–H and O–H groups in total. The summed E-state index contributed by atoms with van der Waals surface area (Å²) in [5.41, 5.74) is 4.47. The van der Waals surface area contributed by atoms with Crippen molar-refractivity contribution in [2.75, 3.05) is 16.2 Å². The molecule has 31 heavy (non-hydrogen) atoms. The largest absolute Gasteiger partial charge is 0.326 e. The van der Waals surface area contributed by atoms with Gasteiger partial charge in [-0.1, -0.05) is 48.0 Å². The number of benzene rings is 3. The smallest absolute Gasteiger partial charge is 0.264 e. The maximum atomic E-state index is 13.2. The molecule has 0 atom stereocenters. The number of nitrogens with zero attached hydrogens (tertiary/aromatic N) is 1. The van der Waals surface area contributed by atoms with Crippen LogP contribution in [-0.4, -0.2) is 20.9 Å². The molecule has 3 aromatic carbocycles. The quantitative estimate of drug-likeness (QED) is 0.611. The summed E-state index contributed by atoms with van der Waals surface area (Å²) in [6.45, 7) is 2.38.